The van der Waals surface area contributed by atoms with E-state index in [1.54, 1.807) is 17.2 Å². The van der Waals surface area contributed by atoms with Crippen LogP contribution < -0.4 is 10.2 Å². The minimum Gasteiger partial charge on any atom is -0.444 e. The molecule has 3 rings (SSSR count). The van der Waals surface area contributed by atoms with Crippen molar-refractivity contribution in [1.29, 1.82) is 0 Å². The number of hydrogen-bond acceptors (Lipinski definition) is 6. The molecule has 2 heterocycles. The van der Waals surface area contributed by atoms with Crippen molar-refractivity contribution < 1.29 is 19.1 Å². The predicted molar refractivity (Wildman–Crippen MR) is 115 cm³/mol. The van der Waals surface area contributed by atoms with Gasteiger partial charge in [0.15, 0.2) is 0 Å². The smallest absolute Gasteiger partial charge is 0.412 e. The maximum atomic E-state index is 12.2. The van der Waals surface area contributed by atoms with E-state index in [0.29, 0.717) is 31.9 Å². The van der Waals surface area contributed by atoms with Gasteiger partial charge in [-0.3, -0.25) is 5.32 Å². The van der Waals surface area contributed by atoms with Gasteiger partial charge in [0.2, 0.25) is 0 Å². The molecule has 0 bridgehead atoms. The first-order chi connectivity index (χ1) is 14.3. The van der Waals surface area contributed by atoms with E-state index in [4.69, 9.17) is 9.47 Å². The number of anilines is 2. The molecule has 1 saturated heterocycles. The third kappa shape index (κ3) is 6.37. The Morgan fingerprint density at radius 1 is 1.03 bits per heavy atom. The molecule has 1 fully saturated rings. The van der Waals surface area contributed by atoms with Crippen LogP contribution in [0.25, 0.3) is 0 Å². The Morgan fingerprint density at radius 2 is 1.73 bits per heavy atom. The molecule has 1 aromatic carbocycles. The number of aromatic nitrogens is 1. The molecular formula is C22H28N4O4. The summed E-state index contributed by atoms with van der Waals surface area (Å²) >= 11 is 0. The van der Waals surface area contributed by atoms with Gasteiger partial charge in [-0.15, -0.1) is 0 Å². The average molecular weight is 412 g/mol. The number of ether oxygens (including phenoxy) is 2. The molecule has 0 atom stereocenters. The number of carbonyl (C=O) groups is 2. The lowest BCUT2D eigenvalue weighted by molar-refractivity contribution is 0.0240. The number of nitrogens with one attached hydrogen (secondary N) is 1. The molecule has 0 aliphatic carbocycles. The van der Waals surface area contributed by atoms with E-state index in [-0.39, 0.29) is 12.7 Å². The number of benzene rings is 1. The summed E-state index contributed by atoms with van der Waals surface area (Å²) in [5.74, 6) is 0.794. The molecule has 0 spiro atoms. The largest absolute Gasteiger partial charge is 0.444 e. The Balaban J connectivity index is 1.45. The van der Waals surface area contributed by atoms with Gasteiger partial charge >= 0.3 is 12.2 Å². The number of pyridine rings is 1. The topological polar surface area (TPSA) is 84.0 Å². The monoisotopic (exact) mass is 412 g/mol. The molecule has 2 amide bonds. The normalized spacial score (nSPS) is 14.2. The molecule has 30 heavy (non-hydrogen) atoms. The van der Waals surface area contributed by atoms with E-state index in [2.05, 4.69) is 15.2 Å². The maximum absolute atomic E-state index is 12.2. The van der Waals surface area contributed by atoms with Gasteiger partial charge in [-0.05, 0) is 38.5 Å². The van der Waals surface area contributed by atoms with E-state index in [0.717, 1.165) is 11.4 Å². The SMILES string of the molecule is CC(C)(C)OC(=O)N1CCN(c2ccc(NC(=O)OCc3ccccc3)cn2)CC1. The number of piperazine rings is 1. The Kier molecular flexibility index (Phi) is 6.76. The highest BCUT2D eigenvalue weighted by molar-refractivity contribution is 5.84. The number of hydrogen-bond donors (Lipinski definition) is 1. The molecule has 0 unspecified atom stereocenters. The van der Waals surface area contributed by atoms with Crippen LogP contribution in [0.15, 0.2) is 48.7 Å². The van der Waals surface area contributed by atoms with Crippen molar-refractivity contribution in [2.24, 2.45) is 0 Å². The Bertz CT molecular complexity index is 842. The molecular weight excluding hydrogens is 384 g/mol. The van der Waals surface area contributed by atoms with E-state index in [1.807, 2.05) is 57.2 Å². The van der Waals surface area contributed by atoms with Crippen LogP contribution in [0.5, 0.6) is 0 Å². The minimum absolute atomic E-state index is 0.208. The van der Waals surface area contributed by atoms with Crippen molar-refractivity contribution in [3.8, 4) is 0 Å². The van der Waals surface area contributed by atoms with Crippen LogP contribution in [-0.4, -0.2) is 53.9 Å². The van der Waals surface area contributed by atoms with Crippen LogP contribution in [0.2, 0.25) is 0 Å². The molecule has 1 aromatic heterocycles. The number of carbonyl (C=O) groups excluding carboxylic acids is 2. The van der Waals surface area contributed by atoms with Gasteiger partial charge in [0.05, 0.1) is 11.9 Å². The van der Waals surface area contributed by atoms with Crippen LogP contribution in [0.1, 0.15) is 26.3 Å². The Morgan fingerprint density at radius 3 is 2.33 bits per heavy atom. The van der Waals surface area contributed by atoms with E-state index in [9.17, 15) is 9.59 Å². The zero-order valence-electron chi connectivity index (χ0n) is 17.6. The summed E-state index contributed by atoms with van der Waals surface area (Å²) in [6, 6.07) is 13.1. The zero-order chi connectivity index (χ0) is 21.6. The number of nitrogens with zero attached hydrogens (tertiary/aromatic N) is 3. The minimum atomic E-state index is -0.528. The summed E-state index contributed by atoms with van der Waals surface area (Å²) in [5.41, 5.74) is 0.983. The van der Waals surface area contributed by atoms with Crippen molar-refractivity contribution >= 4 is 23.7 Å². The summed E-state index contributed by atoms with van der Waals surface area (Å²) in [5, 5.41) is 2.67. The van der Waals surface area contributed by atoms with Gasteiger partial charge < -0.3 is 19.3 Å². The third-order valence-corrected chi connectivity index (χ3v) is 4.46. The molecule has 8 heteroatoms. The zero-order valence-corrected chi connectivity index (χ0v) is 17.6. The van der Waals surface area contributed by atoms with Crippen molar-refractivity contribution in [1.82, 2.24) is 9.88 Å². The van der Waals surface area contributed by atoms with E-state index < -0.39 is 11.7 Å². The standard InChI is InChI=1S/C22H28N4O4/c1-22(2,3)30-21(28)26-13-11-25(12-14-26)19-10-9-18(15-23-19)24-20(27)29-16-17-7-5-4-6-8-17/h4-10,15H,11-14,16H2,1-3H3,(H,24,27). The predicted octanol–water partition coefficient (Wildman–Crippen LogP) is 3.89. The second-order valence-electron chi connectivity index (χ2n) is 8.05. The van der Waals surface area contributed by atoms with Gasteiger partial charge in [-0.2, -0.15) is 0 Å². The fraction of sp³-hybridized carbons (Fsp3) is 0.409. The highest BCUT2D eigenvalue weighted by Crippen LogP contribution is 2.18. The first kappa shape index (κ1) is 21.4. The van der Waals surface area contributed by atoms with Crippen LogP contribution >= 0.6 is 0 Å². The molecule has 160 valence electrons. The molecule has 1 N–H and O–H groups in total. The lowest BCUT2D eigenvalue weighted by Crippen LogP contribution is -2.50. The van der Waals surface area contributed by atoms with Gasteiger partial charge in [-0.1, -0.05) is 30.3 Å². The maximum Gasteiger partial charge on any atom is 0.412 e. The van der Waals surface area contributed by atoms with Crippen molar-refractivity contribution in [2.45, 2.75) is 33.0 Å². The fourth-order valence-electron chi connectivity index (χ4n) is 2.97. The first-order valence-corrected chi connectivity index (χ1v) is 9.97. The molecule has 1 aliphatic heterocycles. The lowest BCUT2D eigenvalue weighted by Gasteiger charge is -2.36. The van der Waals surface area contributed by atoms with Gasteiger partial charge in [0.1, 0.15) is 18.0 Å². The van der Waals surface area contributed by atoms with Crippen LogP contribution in [0, 0.1) is 0 Å². The third-order valence-electron chi connectivity index (χ3n) is 4.46. The van der Waals surface area contributed by atoms with Crippen LogP contribution in [0.4, 0.5) is 21.1 Å². The highest BCUT2D eigenvalue weighted by Gasteiger charge is 2.26. The number of amides is 2. The Labute approximate surface area is 176 Å². The summed E-state index contributed by atoms with van der Waals surface area (Å²) < 4.78 is 10.6. The molecule has 8 nitrogen and oxygen atoms in total. The average Bonchev–Trinajstić information content (AvgIpc) is 2.72. The highest BCUT2D eigenvalue weighted by atomic mass is 16.6. The quantitative estimate of drug-likeness (QED) is 0.820. The molecule has 1 aliphatic rings. The van der Waals surface area contributed by atoms with Crippen molar-refractivity contribution in [3.63, 3.8) is 0 Å². The fourth-order valence-corrected chi connectivity index (χ4v) is 2.97. The van der Waals surface area contributed by atoms with E-state index in [1.165, 1.54) is 0 Å². The molecule has 2 aromatic rings. The second kappa shape index (κ2) is 9.47. The van der Waals surface area contributed by atoms with Gasteiger partial charge in [0, 0.05) is 26.2 Å². The van der Waals surface area contributed by atoms with Gasteiger partial charge in [0.25, 0.3) is 0 Å². The summed E-state index contributed by atoms with van der Waals surface area (Å²) in [6.07, 6.45) is 0.780. The van der Waals surface area contributed by atoms with E-state index >= 15 is 0 Å². The lowest BCUT2D eigenvalue weighted by atomic mass is 10.2. The second-order valence-corrected chi connectivity index (χ2v) is 8.05. The van der Waals surface area contributed by atoms with Crippen molar-refractivity contribution in [3.05, 3.63) is 54.2 Å². The Hall–Kier alpha value is -3.29. The summed E-state index contributed by atoms with van der Waals surface area (Å²) in [6.45, 7) is 8.26. The van der Waals surface area contributed by atoms with Crippen molar-refractivity contribution in [2.75, 3.05) is 36.4 Å². The first-order valence-electron chi connectivity index (χ1n) is 9.97. The van der Waals surface area contributed by atoms with Gasteiger partial charge in [-0.25, -0.2) is 14.6 Å². The molecule has 0 radical (unpaired) electrons. The van der Waals surface area contributed by atoms with Crippen LogP contribution in [-0.2, 0) is 16.1 Å². The summed E-state index contributed by atoms with van der Waals surface area (Å²) in [4.78, 5) is 32.3. The molecule has 0 saturated carbocycles. The summed E-state index contributed by atoms with van der Waals surface area (Å²) in [7, 11) is 0. The number of rotatable bonds is 4. The van der Waals surface area contributed by atoms with Crippen LogP contribution in [0.3, 0.4) is 0 Å².